The van der Waals surface area contributed by atoms with E-state index >= 15 is 0 Å². The van der Waals surface area contributed by atoms with E-state index in [0.717, 1.165) is 11.4 Å². The van der Waals surface area contributed by atoms with Gasteiger partial charge in [-0.25, -0.2) is 4.79 Å². The maximum absolute atomic E-state index is 12.2. The zero-order valence-electron chi connectivity index (χ0n) is 14.2. The van der Waals surface area contributed by atoms with Crippen LogP contribution in [0.2, 0.25) is 0 Å². The van der Waals surface area contributed by atoms with E-state index in [9.17, 15) is 9.59 Å². The molecule has 0 radical (unpaired) electrons. The van der Waals surface area contributed by atoms with Crippen LogP contribution >= 0.6 is 0 Å². The monoisotopic (exact) mass is 319 g/mol. The molecule has 6 nitrogen and oxygen atoms in total. The van der Waals surface area contributed by atoms with Crippen molar-refractivity contribution in [2.24, 2.45) is 5.92 Å². The number of methoxy groups -OCH3 is 1. The number of hydrogen-bond acceptors (Lipinski definition) is 3. The summed E-state index contributed by atoms with van der Waals surface area (Å²) in [6.45, 7) is 6.88. The second-order valence-corrected chi connectivity index (χ2v) is 6.86. The van der Waals surface area contributed by atoms with Gasteiger partial charge in [0.15, 0.2) is 0 Å². The zero-order valence-corrected chi connectivity index (χ0v) is 14.2. The van der Waals surface area contributed by atoms with Gasteiger partial charge >= 0.3 is 6.03 Å². The molecule has 0 bridgehead atoms. The van der Waals surface area contributed by atoms with E-state index in [1.165, 1.54) is 0 Å². The van der Waals surface area contributed by atoms with E-state index in [1.807, 2.05) is 45.0 Å². The summed E-state index contributed by atoms with van der Waals surface area (Å²) >= 11 is 0. The molecule has 0 aromatic heterocycles. The second kappa shape index (κ2) is 6.89. The van der Waals surface area contributed by atoms with E-state index in [4.69, 9.17) is 4.74 Å². The van der Waals surface area contributed by atoms with E-state index in [1.54, 1.807) is 12.0 Å². The highest BCUT2D eigenvalue weighted by atomic mass is 16.5. The molecular formula is C17H25N3O3. The van der Waals surface area contributed by atoms with Gasteiger partial charge in [-0.2, -0.15) is 0 Å². The first-order valence-corrected chi connectivity index (χ1v) is 7.79. The average Bonchev–Trinajstić information content (AvgIpc) is 2.85. The quantitative estimate of drug-likeness (QED) is 0.893. The standard InChI is InChI=1S/C17H25N3O3/c1-17(2,3)19-16(22)18-10-12-9-15(21)20(11-12)13-5-7-14(23-4)8-6-13/h5-8,12H,9-11H2,1-4H3,(H2,18,19,22). The minimum Gasteiger partial charge on any atom is -0.497 e. The van der Waals surface area contributed by atoms with E-state index in [2.05, 4.69) is 10.6 Å². The Morgan fingerprint density at radius 2 is 1.96 bits per heavy atom. The molecule has 126 valence electrons. The number of urea groups is 1. The SMILES string of the molecule is COc1ccc(N2CC(CNC(=O)NC(C)(C)C)CC2=O)cc1. The fourth-order valence-corrected chi connectivity index (χ4v) is 2.55. The summed E-state index contributed by atoms with van der Waals surface area (Å²) in [6.07, 6.45) is 0.446. The Bertz CT molecular complexity index is 563. The average molecular weight is 319 g/mol. The van der Waals surface area contributed by atoms with Crippen molar-refractivity contribution in [3.8, 4) is 5.75 Å². The number of benzene rings is 1. The van der Waals surface area contributed by atoms with Crippen molar-refractivity contribution in [2.45, 2.75) is 32.7 Å². The summed E-state index contributed by atoms with van der Waals surface area (Å²) in [6, 6.07) is 7.22. The summed E-state index contributed by atoms with van der Waals surface area (Å²) in [5, 5.41) is 5.69. The number of nitrogens with one attached hydrogen (secondary N) is 2. The first-order valence-electron chi connectivity index (χ1n) is 7.79. The number of anilines is 1. The Kier molecular flexibility index (Phi) is 5.13. The lowest BCUT2D eigenvalue weighted by atomic mass is 10.1. The van der Waals surface area contributed by atoms with Crippen molar-refractivity contribution in [1.82, 2.24) is 10.6 Å². The molecule has 2 N–H and O–H groups in total. The Morgan fingerprint density at radius 3 is 2.52 bits per heavy atom. The molecule has 1 atom stereocenters. The molecule has 6 heteroatoms. The third-order valence-electron chi connectivity index (χ3n) is 3.63. The van der Waals surface area contributed by atoms with Gasteiger partial charge in [-0.3, -0.25) is 4.79 Å². The molecular weight excluding hydrogens is 294 g/mol. The fourth-order valence-electron chi connectivity index (χ4n) is 2.55. The molecule has 0 saturated carbocycles. The highest BCUT2D eigenvalue weighted by molar-refractivity contribution is 5.95. The summed E-state index contributed by atoms with van der Waals surface area (Å²) in [5.41, 5.74) is 0.586. The van der Waals surface area contributed by atoms with Gasteiger partial charge in [0.2, 0.25) is 5.91 Å². The van der Waals surface area contributed by atoms with Crippen LogP contribution in [0.3, 0.4) is 0 Å². The lowest BCUT2D eigenvalue weighted by molar-refractivity contribution is -0.117. The molecule has 3 amide bonds. The van der Waals surface area contributed by atoms with Crippen molar-refractivity contribution in [1.29, 1.82) is 0 Å². The largest absolute Gasteiger partial charge is 0.497 e. The summed E-state index contributed by atoms with van der Waals surface area (Å²) in [5.74, 6) is 0.964. The van der Waals surface area contributed by atoms with Gasteiger partial charge in [0.1, 0.15) is 5.75 Å². The molecule has 1 saturated heterocycles. The van der Waals surface area contributed by atoms with E-state index in [-0.39, 0.29) is 23.4 Å². The van der Waals surface area contributed by atoms with Crippen LogP contribution in [0.15, 0.2) is 24.3 Å². The van der Waals surface area contributed by atoms with Crippen LogP contribution in [0.1, 0.15) is 27.2 Å². The summed E-state index contributed by atoms with van der Waals surface area (Å²) < 4.78 is 5.13. The van der Waals surface area contributed by atoms with Crippen LogP contribution < -0.4 is 20.3 Å². The van der Waals surface area contributed by atoms with Crippen molar-refractivity contribution < 1.29 is 14.3 Å². The third-order valence-corrected chi connectivity index (χ3v) is 3.63. The third kappa shape index (κ3) is 4.87. The first kappa shape index (κ1) is 17.1. The smallest absolute Gasteiger partial charge is 0.315 e. The number of nitrogens with zero attached hydrogens (tertiary/aromatic N) is 1. The Balaban J connectivity index is 1.88. The topological polar surface area (TPSA) is 70.7 Å². The molecule has 1 aromatic rings. The van der Waals surface area contributed by atoms with Crippen LogP contribution in [0.25, 0.3) is 0 Å². The Labute approximate surface area is 137 Å². The van der Waals surface area contributed by atoms with Gasteiger partial charge in [0, 0.05) is 36.7 Å². The van der Waals surface area contributed by atoms with E-state index < -0.39 is 0 Å². The minimum absolute atomic E-state index is 0.0817. The van der Waals surface area contributed by atoms with Crippen LogP contribution in [0, 0.1) is 5.92 Å². The summed E-state index contributed by atoms with van der Waals surface area (Å²) in [4.78, 5) is 25.7. The number of ether oxygens (including phenoxy) is 1. The van der Waals surface area contributed by atoms with Gasteiger partial charge in [-0.1, -0.05) is 0 Å². The molecule has 23 heavy (non-hydrogen) atoms. The Morgan fingerprint density at radius 1 is 1.30 bits per heavy atom. The van der Waals surface area contributed by atoms with Crippen LogP contribution in [-0.2, 0) is 4.79 Å². The maximum Gasteiger partial charge on any atom is 0.315 e. The predicted octanol–water partition coefficient (Wildman–Crippen LogP) is 2.15. The maximum atomic E-state index is 12.2. The van der Waals surface area contributed by atoms with Crippen molar-refractivity contribution >= 4 is 17.6 Å². The molecule has 1 heterocycles. The lowest BCUT2D eigenvalue weighted by Crippen LogP contribution is -2.47. The van der Waals surface area contributed by atoms with Crippen LogP contribution in [0.4, 0.5) is 10.5 Å². The number of amides is 3. The molecule has 1 aromatic carbocycles. The predicted molar refractivity (Wildman–Crippen MR) is 89.7 cm³/mol. The minimum atomic E-state index is -0.273. The zero-order chi connectivity index (χ0) is 17.0. The van der Waals surface area contributed by atoms with Crippen molar-refractivity contribution in [2.75, 3.05) is 25.1 Å². The Hall–Kier alpha value is -2.24. The fraction of sp³-hybridized carbons (Fsp3) is 0.529. The first-order chi connectivity index (χ1) is 10.8. The van der Waals surface area contributed by atoms with Gasteiger partial charge < -0.3 is 20.3 Å². The van der Waals surface area contributed by atoms with Crippen molar-refractivity contribution in [3.05, 3.63) is 24.3 Å². The number of carbonyl (C=O) groups excluding carboxylic acids is 2. The molecule has 1 fully saturated rings. The molecule has 1 unspecified atom stereocenters. The molecule has 2 rings (SSSR count). The van der Waals surface area contributed by atoms with Gasteiger partial charge in [0.25, 0.3) is 0 Å². The van der Waals surface area contributed by atoms with Gasteiger partial charge in [0.05, 0.1) is 7.11 Å². The molecule has 1 aliphatic rings. The van der Waals surface area contributed by atoms with Gasteiger partial charge in [-0.05, 0) is 45.0 Å². The van der Waals surface area contributed by atoms with Gasteiger partial charge in [-0.15, -0.1) is 0 Å². The number of hydrogen-bond donors (Lipinski definition) is 2. The van der Waals surface area contributed by atoms with Crippen molar-refractivity contribution in [3.63, 3.8) is 0 Å². The second-order valence-electron chi connectivity index (χ2n) is 6.86. The summed E-state index contributed by atoms with van der Waals surface area (Å²) in [7, 11) is 1.61. The van der Waals surface area contributed by atoms with Crippen LogP contribution in [0.5, 0.6) is 5.75 Å². The molecule has 1 aliphatic heterocycles. The highest BCUT2D eigenvalue weighted by Crippen LogP contribution is 2.26. The van der Waals surface area contributed by atoms with E-state index in [0.29, 0.717) is 19.5 Å². The lowest BCUT2D eigenvalue weighted by Gasteiger charge is -2.21. The van der Waals surface area contributed by atoms with Crippen LogP contribution in [-0.4, -0.2) is 37.7 Å². The molecule has 0 aliphatic carbocycles. The number of rotatable bonds is 4. The number of carbonyl (C=O) groups is 2. The normalized spacial score (nSPS) is 18.0. The molecule has 0 spiro atoms. The highest BCUT2D eigenvalue weighted by Gasteiger charge is 2.30.